The molecule has 2 amide bonds. The predicted octanol–water partition coefficient (Wildman–Crippen LogP) is 4.06. The first-order valence-corrected chi connectivity index (χ1v) is 10.7. The Hall–Kier alpha value is -1.59. The van der Waals surface area contributed by atoms with E-state index in [1.807, 2.05) is 16.7 Å². The highest BCUT2D eigenvalue weighted by molar-refractivity contribution is 6.42. The molecule has 1 aromatic carbocycles. The van der Waals surface area contributed by atoms with Gasteiger partial charge in [-0.3, -0.25) is 14.4 Å². The Balaban J connectivity index is 1.55. The molecule has 152 valence electrons. The van der Waals surface area contributed by atoms with Gasteiger partial charge in [0.05, 0.1) is 16.0 Å². The Bertz CT molecular complexity index is 760. The lowest BCUT2D eigenvalue weighted by atomic mass is 9.88. The molecule has 0 N–H and O–H groups in total. The zero-order valence-corrected chi connectivity index (χ0v) is 17.6. The molecule has 28 heavy (non-hydrogen) atoms. The summed E-state index contributed by atoms with van der Waals surface area (Å²) < 4.78 is 0. The van der Waals surface area contributed by atoms with E-state index >= 15 is 0 Å². The van der Waals surface area contributed by atoms with Crippen LogP contribution >= 0.6 is 23.2 Å². The van der Waals surface area contributed by atoms with Crippen molar-refractivity contribution >= 4 is 40.8 Å². The van der Waals surface area contributed by atoms with Crippen molar-refractivity contribution in [2.45, 2.75) is 39.0 Å². The number of carbonyl (C=O) groups excluding carboxylic acids is 3. The SMILES string of the molecule is CCC(=O)N1CCCC(C(=O)N2CCC(C(=O)c3ccc(Cl)c(Cl)c3)CC2)C1. The van der Waals surface area contributed by atoms with Crippen LogP contribution in [-0.2, 0) is 9.59 Å². The standard InChI is InChI=1S/C21H26Cl2N2O3/c1-2-19(26)25-9-3-4-16(13-25)21(28)24-10-7-14(8-11-24)20(27)15-5-6-17(22)18(23)12-15/h5-6,12,14,16H,2-4,7-11,13H2,1H3. The number of hydrogen-bond donors (Lipinski definition) is 0. The Morgan fingerprint density at radius 2 is 1.68 bits per heavy atom. The van der Waals surface area contributed by atoms with Gasteiger partial charge >= 0.3 is 0 Å². The van der Waals surface area contributed by atoms with E-state index in [1.54, 1.807) is 18.2 Å². The van der Waals surface area contributed by atoms with Crippen LogP contribution in [0.5, 0.6) is 0 Å². The number of amides is 2. The molecule has 3 rings (SSSR count). The van der Waals surface area contributed by atoms with E-state index in [1.165, 1.54) is 0 Å². The average molecular weight is 425 g/mol. The number of hydrogen-bond acceptors (Lipinski definition) is 3. The Morgan fingerprint density at radius 1 is 0.964 bits per heavy atom. The van der Waals surface area contributed by atoms with Crippen molar-refractivity contribution in [2.75, 3.05) is 26.2 Å². The molecule has 1 aromatic rings. The summed E-state index contributed by atoms with van der Waals surface area (Å²) in [5.41, 5.74) is 0.570. The minimum Gasteiger partial charge on any atom is -0.342 e. The van der Waals surface area contributed by atoms with Gasteiger partial charge in [-0.05, 0) is 43.9 Å². The quantitative estimate of drug-likeness (QED) is 0.684. The number of piperidine rings is 2. The van der Waals surface area contributed by atoms with Crippen molar-refractivity contribution in [1.29, 1.82) is 0 Å². The first kappa shape index (κ1) is 21.1. The number of likely N-dealkylation sites (tertiary alicyclic amines) is 2. The van der Waals surface area contributed by atoms with E-state index in [2.05, 4.69) is 0 Å². The third kappa shape index (κ3) is 4.69. The molecular formula is C21H26Cl2N2O3. The first-order chi connectivity index (χ1) is 13.4. The molecule has 2 aliphatic rings. The second kappa shape index (κ2) is 9.27. The summed E-state index contributed by atoms with van der Waals surface area (Å²) in [4.78, 5) is 41.3. The number of rotatable bonds is 4. The third-order valence-electron chi connectivity index (χ3n) is 5.81. The van der Waals surface area contributed by atoms with Gasteiger partial charge in [0.25, 0.3) is 0 Å². The number of halogens is 2. The summed E-state index contributed by atoms with van der Waals surface area (Å²) in [6, 6.07) is 4.96. The molecule has 7 heteroatoms. The van der Waals surface area contributed by atoms with Crippen LogP contribution in [-0.4, -0.2) is 53.6 Å². The van der Waals surface area contributed by atoms with Crippen molar-refractivity contribution in [3.63, 3.8) is 0 Å². The van der Waals surface area contributed by atoms with E-state index in [0.717, 1.165) is 19.4 Å². The van der Waals surface area contributed by atoms with Crippen molar-refractivity contribution in [3.05, 3.63) is 33.8 Å². The molecule has 2 saturated heterocycles. The van der Waals surface area contributed by atoms with E-state index in [0.29, 0.717) is 54.5 Å². The fraction of sp³-hybridized carbons (Fsp3) is 0.571. The van der Waals surface area contributed by atoms with Gasteiger partial charge in [0.2, 0.25) is 11.8 Å². The van der Waals surface area contributed by atoms with Gasteiger partial charge in [-0.15, -0.1) is 0 Å². The van der Waals surface area contributed by atoms with Crippen LogP contribution in [0, 0.1) is 11.8 Å². The van der Waals surface area contributed by atoms with E-state index in [9.17, 15) is 14.4 Å². The highest BCUT2D eigenvalue weighted by atomic mass is 35.5. The minimum atomic E-state index is -0.119. The summed E-state index contributed by atoms with van der Waals surface area (Å²) in [5, 5.41) is 0.810. The lowest BCUT2D eigenvalue weighted by molar-refractivity contribution is -0.141. The molecule has 0 aromatic heterocycles. The number of nitrogens with zero attached hydrogens (tertiary/aromatic N) is 2. The molecule has 0 spiro atoms. The molecule has 1 unspecified atom stereocenters. The molecule has 1 atom stereocenters. The van der Waals surface area contributed by atoms with E-state index < -0.39 is 0 Å². The summed E-state index contributed by atoms with van der Waals surface area (Å²) in [5.74, 6) is 0.0675. The lowest BCUT2D eigenvalue weighted by Crippen LogP contribution is -2.49. The number of benzene rings is 1. The van der Waals surface area contributed by atoms with Crippen molar-refractivity contribution in [3.8, 4) is 0 Å². The van der Waals surface area contributed by atoms with Crippen LogP contribution < -0.4 is 0 Å². The molecule has 5 nitrogen and oxygen atoms in total. The zero-order chi connectivity index (χ0) is 20.3. The maximum atomic E-state index is 12.9. The largest absolute Gasteiger partial charge is 0.342 e. The molecule has 2 heterocycles. The van der Waals surface area contributed by atoms with E-state index in [-0.39, 0.29) is 29.4 Å². The normalized spacial score (nSPS) is 20.9. The number of ketones is 1. The van der Waals surface area contributed by atoms with Crippen molar-refractivity contribution in [2.24, 2.45) is 11.8 Å². The molecular weight excluding hydrogens is 399 g/mol. The second-order valence-corrected chi connectivity index (χ2v) is 8.44. The van der Waals surface area contributed by atoms with E-state index in [4.69, 9.17) is 23.2 Å². The maximum absolute atomic E-state index is 12.9. The zero-order valence-electron chi connectivity index (χ0n) is 16.1. The monoisotopic (exact) mass is 424 g/mol. The van der Waals surface area contributed by atoms with Gasteiger partial charge in [-0.1, -0.05) is 30.1 Å². The lowest BCUT2D eigenvalue weighted by Gasteiger charge is -2.37. The highest BCUT2D eigenvalue weighted by Gasteiger charge is 2.34. The van der Waals surface area contributed by atoms with Crippen LogP contribution in [0.3, 0.4) is 0 Å². The van der Waals surface area contributed by atoms with Crippen LogP contribution in [0.15, 0.2) is 18.2 Å². The summed E-state index contributed by atoms with van der Waals surface area (Å²) in [6.45, 7) is 4.28. The summed E-state index contributed by atoms with van der Waals surface area (Å²) in [7, 11) is 0. The Morgan fingerprint density at radius 3 is 2.32 bits per heavy atom. The van der Waals surface area contributed by atoms with Crippen LogP contribution in [0.2, 0.25) is 10.0 Å². The fourth-order valence-electron chi connectivity index (χ4n) is 4.13. The fourth-order valence-corrected chi connectivity index (χ4v) is 4.43. The number of Topliss-reactive ketones (excluding diaryl/α,β-unsaturated/α-hetero) is 1. The topological polar surface area (TPSA) is 57.7 Å². The minimum absolute atomic E-state index is 0.0584. The summed E-state index contributed by atoms with van der Waals surface area (Å²) in [6.07, 6.45) is 3.47. The molecule has 0 radical (unpaired) electrons. The smallest absolute Gasteiger partial charge is 0.227 e. The predicted molar refractivity (Wildman–Crippen MR) is 110 cm³/mol. The molecule has 0 aliphatic carbocycles. The van der Waals surface area contributed by atoms with Crippen LogP contribution in [0.1, 0.15) is 49.4 Å². The molecule has 0 bridgehead atoms. The van der Waals surface area contributed by atoms with Crippen LogP contribution in [0.25, 0.3) is 0 Å². The van der Waals surface area contributed by atoms with Gasteiger partial charge < -0.3 is 9.80 Å². The van der Waals surface area contributed by atoms with Crippen LogP contribution in [0.4, 0.5) is 0 Å². The van der Waals surface area contributed by atoms with Gasteiger partial charge in [0.15, 0.2) is 5.78 Å². The Kier molecular flexibility index (Phi) is 7.00. The first-order valence-electron chi connectivity index (χ1n) is 9.96. The van der Waals surface area contributed by atoms with Crippen molar-refractivity contribution in [1.82, 2.24) is 9.80 Å². The summed E-state index contributed by atoms with van der Waals surface area (Å²) >= 11 is 12.0. The van der Waals surface area contributed by atoms with Gasteiger partial charge in [-0.2, -0.15) is 0 Å². The molecule has 2 aliphatic heterocycles. The van der Waals surface area contributed by atoms with Crippen molar-refractivity contribution < 1.29 is 14.4 Å². The highest BCUT2D eigenvalue weighted by Crippen LogP contribution is 2.28. The molecule has 2 fully saturated rings. The number of carbonyl (C=O) groups is 3. The third-order valence-corrected chi connectivity index (χ3v) is 6.55. The van der Waals surface area contributed by atoms with Gasteiger partial charge in [0.1, 0.15) is 0 Å². The average Bonchev–Trinajstić information content (AvgIpc) is 2.74. The van der Waals surface area contributed by atoms with Gasteiger partial charge in [-0.25, -0.2) is 0 Å². The van der Waals surface area contributed by atoms with Gasteiger partial charge in [0, 0.05) is 44.1 Å². The molecule has 0 saturated carbocycles. The Labute approximate surface area is 176 Å². The second-order valence-electron chi connectivity index (χ2n) is 7.63. The maximum Gasteiger partial charge on any atom is 0.227 e.